The fourth-order valence-electron chi connectivity index (χ4n) is 4.20. The summed E-state index contributed by atoms with van der Waals surface area (Å²) in [6, 6.07) is 17.5. The molecule has 8 nitrogen and oxygen atoms in total. The molecule has 3 rings (SSSR count). The highest BCUT2D eigenvalue weighted by atomic mass is 35.5. The highest BCUT2D eigenvalue weighted by Crippen LogP contribution is 2.35. The van der Waals surface area contributed by atoms with Gasteiger partial charge in [-0.05, 0) is 70.5 Å². The Hall–Kier alpha value is -3.56. The Balaban J connectivity index is 2.11. The minimum atomic E-state index is -4.25. The zero-order chi connectivity index (χ0) is 29.6. The Morgan fingerprint density at radius 1 is 0.950 bits per heavy atom. The van der Waals surface area contributed by atoms with Gasteiger partial charge < -0.3 is 15.0 Å². The van der Waals surface area contributed by atoms with E-state index in [1.807, 2.05) is 52.0 Å². The number of carbonyl (C=O) groups is 2. The lowest BCUT2D eigenvalue weighted by Gasteiger charge is -2.32. The van der Waals surface area contributed by atoms with E-state index in [2.05, 4.69) is 5.32 Å². The molecule has 214 valence electrons. The van der Waals surface area contributed by atoms with E-state index in [9.17, 15) is 18.0 Å². The van der Waals surface area contributed by atoms with E-state index in [-0.39, 0.29) is 39.8 Å². The first-order valence-electron chi connectivity index (χ1n) is 12.9. The lowest BCUT2D eigenvalue weighted by atomic mass is 10.1. The number of benzene rings is 3. The Bertz CT molecular complexity index is 1460. The molecule has 1 unspecified atom stereocenters. The van der Waals surface area contributed by atoms with Gasteiger partial charge in [0.05, 0.1) is 17.7 Å². The molecule has 3 aromatic rings. The molecule has 0 aliphatic rings. The highest BCUT2D eigenvalue weighted by molar-refractivity contribution is 7.92. The van der Waals surface area contributed by atoms with E-state index in [4.69, 9.17) is 16.3 Å². The van der Waals surface area contributed by atoms with Crippen molar-refractivity contribution in [3.05, 3.63) is 88.4 Å². The average Bonchev–Trinajstić information content (AvgIpc) is 2.89. The third-order valence-electron chi connectivity index (χ3n) is 6.33. The zero-order valence-corrected chi connectivity index (χ0v) is 25.2. The molecule has 0 bridgehead atoms. The third kappa shape index (κ3) is 7.55. The maximum Gasteiger partial charge on any atom is 0.264 e. The van der Waals surface area contributed by atoms with Crippen LogP contribution >= 0.6 is 11.6 Å². The summed E-state index contributed by atoms with van der Waals surface area (Å²) in [4.78, 5) is 28.5. The molecule has 0 aromatic heterocycles. The molecule has 0 radical (unpaired) electrons. The normalized spacial score (nSPS) is 12.1. The molecule has 0 aliphatic heterocycles. The number of methoxy groups -OCH3 is 1. The molecule has 40 heavy (non-hydrogen) atoms. The minimum absolute atomic E-state index is 0.00348. The van der Waals surface area contributed by atoms with Gasteiger partial charge in [0.15, 0.2) is 0 Å². The van der Waals surface area contributed by atoms with Crippen molar-refractivity contribution < 1.29 is 22.7 Å². The fourth-order valence-corrected chi connectivity index (χ4v) is 5.79. The molecule has 2 amide bonds. The second kappa shape index (κ2) is 13.2. The quantitative estimate of drug-likeness (QED) is 0.338. The SMILES string of the molecule is COc1ccc(Cl)cc1N(CC(=O)N(Cc1cccc(C)c1)C(C)C(=O)NC(C)C)S(=O)(=O)c1ccc(C)cc1. The van der Waals surface area contributed by atoms with Gasteiger partial charge >= 0.3 is 0 Å². The smallest absolute Gasteiger partial charge is 0.264 e. The summed E-state index contributed by atoms with van der Waals surface area (Å²) < 4.78 is 34.5. The Labute approximate surface area is 241 Å². The third-order valence-corrected chi connectivity index (χ3v) is 8.34. The van der Waals surface area contributed by atoms with Crippen molar-refractivity contribution in [2.75, 3.05) is 18.0 Å². The molecule has 0 saturated heterocycles. The molecule has 0 fully saturated rings. The van der Waals surface area contributed by atoms with Gasteiger partial charge in [-0.2, -0.15) is 0 Å². The number of halogens is 1. The van der Waals surface area contributed by atoms with Crippen molar-refractivity contribution in [2.45, 2.75) is 58.1 Å². The van der Waals surface area contributed by atoms with Gasteiger partial charge in [0.2, 0.25) is 11.8 Å². The highest BCUT2D eigenvalue weighted by Gasteiger charge is 2.34. The van der Waals surface area contributed by atoms with Gasteiger partial charge in [0.1, 0.15) is 18.3 Å². The molecule has 0 aliphatic carbocycles. The van der Waals surface area contributed by atoms with Gasteiger partial charge in [-0.25, -0.2) is 8.42 Å². The molecular formula is C30H36ClN3O5S. The van der Waals surface area contributed by atoms with Gasteiger partial charge in [-0.3, -0.25) is 13.9 Å². The van der Waals surface area contributed by atoms with E-state index >= 15 is 0 Å². The van der Waals surface area contributed by atoms with Crippen LogP contribution in [0.15, 0.2) is 71.6 Å². The van der Waals surface area contributed by atoms with E-state index in [1.54, 1.807) is 31.2 Å². The van der Waals surface area contributed by atoms with Gasteiger partial charge in [-0.15, -0.1) is 0 Å². The molecule has 3 aromatic carbocycles. The summed E-state index contributed by atoms with van der Waals surface area (Å²) in [7, 11) is -2.84. The molecule has 1 N–H and O–H groups in total. The Morgan fingerprint density at radius 3 is 2.23 bits per heavy atom. The van der Waals surface area contributed by atoms with Crippen molar-refractivity contribution in [3.63, 3.8) is 0 Å². The maximum atomic E-state index is 14.0. The molecule has 10 heteroatoms. The number of nitrogens with zero attached hydrogens (tertiary/aromatic N) is 2. The van der Waals surface area contributed by atoms with Crippen LogP contribution in [0.1, 0.15) is 37.5 Å². The lowest BCUT2D eigenvalue weighted by Crippen LogP contribution is -2.52. The number of carbonyl (C=O) groups excluding carboxylic acids is 2. The summed E-state index contributed by atoms with van der Waals surface area (Å²) in [5.74, 6) is -0.682. The number of anilines is 1. The van der Waals surface area contributed by atoms with Crippen LogP contribution < -0.4 is 14.4 Å². The Morgan fingerprint density at radius 2 is 1.62 bits per heavy atom. The molecular weight excluding hydrogens is 550 g/mol. The number of sulfonamides is 1. The van der Waals surface area contributed by atoms with Crippen LogP contribution in [0.2, 0.25) is 5.02 Å². The summed E-state index contributed by atoms with van der Waals surface area (Å²) in [6.07, 6.45) is 0. The number of rotatable bonds is 11. The number of amides is 2. The molecule has 0 saturated carbocycles. The van der Waals surface area contributed by atoms with Gasteiger partial charge in [0.25, 0.3) is 10.0 Å². The van der Waals surface area contributed by atoms with E-state index in [0.29, 0.717) is 0 Å². The molecule has 0 spiro atoms. The summed E-state index contributed by atoms with van der Waals surface area (Å²) >= 11 is 6.27. The van der Waals surface area contributed by atoms with Gasteiger partial charge in [0, 0.05) is 17.6 Å². The van der Waals surface area contributed by atoms with Crippen molar-refractivity contribution >= 4 is 39.1 Å². The predicted octanol–water partition coefficient (Wildman–Crippen LogP) is 5.10. The average molecular weight is 586 g/mol. The van der Waals surface area contributed by atoms with E-state index in [0.717, 1.165) is 21.0 Å². The maximum absolute atomic E-state index is 14.0. The largest absolute Gasteiger partial charge is 0.495 e. The first-order valence-corrected chi connectivity index (χ1v) is 14.7. The van der Waals surface area contributed by atoms with Crippen molar-refractivity contribution in [2.24, 2.45) is 0 Å². The summed E-state index contributed by atoms with van der Waals surface area (Å²) in [5, 5.41) is 3.12. The van der Waals surface area contributed by atoms with Crippen LogP contribution in [-0.4, -0.2) is 50.9 Å². The van der Waals surface area contributed by atoms with Crippen LogP contribution in [0.5, 0.6) is 5.75 Å². The standard InChI is InChI=1S/C30H36ClN3O5S/c1-20(2)32-30(36)23(5)33(18-24-9-7-8-22(4)16-24)29(35)19-34(27-17-25(31)12-15-28(27)39-6)40(37,38)26-13-10-21(3)11-14-26/h7-17,20,23H,18-19H2,1-6H3,(H,32,36). The van der Waals surface area contributed by atoms with Crippen molar-refractivity contribution in [1.29, 1.82) is 0 Å². The topological polar surface area (TPSA) is 96.0 Å². The lowest BCUT2D eigenvalue weighted by molar-refractivity contribution is -0.139. The number of hydrogen-bond donors (Lipinski definition) is 1. The second-order valence-electron chi connectivity index (χ2n) is 9.99. The van der Waals surface area contributed by atoms with Gasteiger partial charge in [-0.1, -0.05) is 59.1 Å². The van der Waals surface area contributed by atoms with Crippen LogP contribution in [0, 0.1) is 13.8 Å². The van der Waals surface area contributed by atoms with Crippen molar-refractivity contribution in [3.8, 4) is 5.75 Å². The number of aryl methyl sites for hydroxylation is 2. The second-order valence-corrected chi connectivity index (χ2v) is 12.3. The molecule has 0 heterocycles. The monoisotopic (exact) mass is 585 g/mol. The van der Waals surface area contributed by atoms with Crippen LogP contribution in [0.3, 0.4) is 0 Å². The van der Waals surface area contributed by atoms with E-state index < -0.39 is 28.5 Å². The van der Waals surface area contributed by atoms with Crippen LogP contribution in [-0.2, 0) is 26.2 Å². The number of nitrogens with one attached hydrogen (secondary N) is 1. The fraction of sp³-hybridized carbons (Fsp3) is 0.333. The molecule has 1 atom stereocenters. The Kier molecular flexibility index (Phi) is 10.2. The first kappa shape index (κ1) is 31.0. The predicted molar refractivity (Wildman–Crippen MR) is 158 cm³/mol. The number of ether oxygens (including phenoxy) is 1. The van der Waals surface area contributed by atoms with Crippen molar-refractivity contribution in [1.82, 2.24) is 10.2 Å². The minimum Gasteiger partial charge on any atom is -0.495 e. The van der Waals surface area contributed by atoms with E-state index in [1.165, 1.54) is 30.2 Å². The van der Waals surface area contributed by atoms with Crippen LogP contribution in [0.25, 0.3) is 0 Å². The number of hydrogen-bond acceptors (Lipinski definition) is 5. The summed E-state index contributed by atoms with van der Waals surface area (Å²) in [6.45, 7) is 8.61. The summed E-state index contributed by atoms with van der Waals surface area (Å²) in [5.41, 5.74) is 2.80. The van der Waals surface area contributed by atoms with Crippen LogP contribution in [0.4, 0.5) is 5.69 Å². The zero-order valence-electron chi connectivity index (χ0n) is 23.6. The first-order chi connectivity index (χ1) is 18.8.